The molecule has 3 heteroatoms. The van der Waals surface area contributed by atoms with Crippen LogP contribution in [0.5, 0.6) is 0 Å². The molecule has 0 aliphatic rings. The second kappa shape index (κ2) is 6.80. The van der Waals surface area contributed by atoms with Gasteiger partial charge in [0.05, 0.1) is 0 Å². The lowest BCUT2D eigenvalue weighted by Gasteiger charge is -2.24. The van der Waals surface area contributed by atoms with Crippen molar-refractivity contribution in [1.82, 2.24) is 0 Å². The number of nitrogens with two attached hydrogens (primary N) is 1. The van der Waals surface area contributed by atoms with Gasteiger partial charge in [-0.15, -0.1) is 0 Å². The zero-order chi connectivity index (χ0) is 13.7. The quantitative estimate of drug-likeness (QED) is 0.632. The third kappa shape index (κ3) is 4.13. The number of nitrogen functional groups attached to an aromatic ring is 1. The zero-order valence-corrected chi connectivity index (χ0v) is 13.3. The van der Waals surface area contributed by atoms with Gasteiger partial charge in [-0.1, -0.05) is 19.1 Å². The van der Waals surface area contributed by atoms with Crippen LogP contribution < -0.4 is 10.6 Å². The monoisotopic (exact) mass is 366 g/mol. The molecular weight excluding hydrogens is 347 g/mol. The summed E-state index contributed by atoms with van der Waals surface area (Å²) >= 11 is 2.33. The first-order valence-electron chi connectivity index (χ1n) is 6.54. The molecule has 0 heterocycles. The number of benzene rings is 2. The van der Waals surface area contributed by atoms with Crippen molar-refractivity contribution in [1.29, 1.82) is 0 Å². The first-order chi connectivity index (χ1) is 9.19. The summed E-state index contributed by atoms with van der Waals surface area (Å²) in [5.74, 6) is 0. The topological polar surface area (TPSA) is 29.3 Å². The maximum atomic E-state index is 5.75. The summed E-state index contributed by atoms with van der Waals surface area (Å²) in [6.45, 7) is 4.20. The number of rotatable bonds is 5. The third-order valence-electron chi connectivity index (χ3n) is 3.04. The SMILES string of the molecule is CCCN(Cc1ccc(I)cc1)c1ccc(N)cc1. The Morgan fingerprint density at radius 3 is 2.21 bits per heavy atom. The van der Waals surface area contributed by atoms with Gasteiger partial charge in [0, 0.05) is 28.0 Å². The van der Waals surface area contributed by atoms with Gasteiger partial charge in [0.25, 0.3) is 0 Å². The minimum Gasteiger partial charge on any atom is -0.399 e. The molecule has 2 rings (SSSR count). The number of nitrogens with zero attached hydrogens (tertiary/aromatic N) is 1. The van der Waals surface area contributed by atoms with Crippen LogP contribution in [0.1, 0.15) is 18.9 Å². The van der Waals surface area contributed by atoms with Gasteiger partial charge in [-0.2, -0.15) is 0 Å². The fourth-order valence-electron chi connectivity index (χ4n) is 2.06. The molecule has 0 amide bonds. The molecule has 0 saturated heterocycles. The lowest BCUT2D eigenvalue weighted by molar-refractivity contribution is 0.767. The largest absolute Gasteiger partial charge is 0.399 e. The van der Waals surface area contributed by atoms with E-state index in [4.69, 9.17) is 5.73 Å². The van der Waals surface area contributed by atoms with Gasteiger partial charge in [0.15, 0.2) is 0 Å². The van der Waals surface area contributed by atoms with Crippen LogP contribution in [0.15, 0.2) is 48.5 Å². The number of hydrogen-bond donors (Lipinski definition) is 1. The molecule has 19 heavy (non-hydrogen) atoms. The van der Waals surface area contributed by atoms with Crippen LogP contribution >= 0.6 is 22.6 Å². The molecule has 2 nitrogen and oxygen atoms in total. The maximum absolute atomic E-state index is 5.75. The highest BCUT2D eigenvalue weighted by Crippen LogP contribution is 2.19. The van der Waals surface area contributed by atoms with Gasteiger partial charge in [0.2, 0.25) is 0 Å². The molecule has 0 fully saturated rings. The molecule has 2 aromatic carbocycles. The van der Waals surface area contributed by atoms with Crippen molar-refractivity contribution < 1.29 is 0 Å². The summed E-state index contributed by atoms with van der Waals surface area (Å²) in [4.78, 5) is 2.39. The van der Waals surface area contributed by atoms with Gasteiger partial charge < -0.3 is 10.6 Å². The summed E-state index contributed by atoms with van der Waals surface area (Å²) in [6.07, 6.45) is 1.13. The summed E-state index contributed by atoms with van der Waals surface area (Å²) in [5.41, 5.74) is 9.13. The molecule has 0 aliphatic heterocycles. The Kier molecular flexibility index (Phi) is 5.07. The standard InChI is InChI=1S/C16H19IN2/c1-2-11-19(16-9-7-15(18)8-10-16)12-13-3-5-14(17)6-4-13/h3-10H,2,11-12,18H2,1H3. The average molecular weight is 366 g/mol. The highest BCUT2D eigenvalue weighted by Gasteiger charge is 2.06. The number of anilines is 2. The van der Waals surface area contributed by atoms with Crippen molar-refractivity contribution in [3.8, 4) is 0 Å². The fraction of sp³-hybridized carbons (Fsp3) is 0.250. The predicted molar refractivity (Wildman–Crippen MR) is 91.4 cm³/mol. The average Bonchev–Trinajstić information content (AvgIpc) is 2.42. The van der Waals surface area contributed by atoms with Crippen LogP contribution in [0.3, 0.4) is 0 Å². The van der Waals surface area contributed by atoms with Crippen LogP contribution in [0.2, 0.25) is 0 Å². The Bertz CT molecular complexity index is 505. The van der Waals surface area contributed by atoms with Crippen molar-refractivity contribution in [2.24, 2.45) is 0 Å². The van der Waals surface area contributed by atoms with E-state index in [0.29, 0.717) is 0 Å². The summed E-state index contributed by atoms with van der Waals surface area (Å²) in [7, 11) is 0. The van der Waals surface area contributed by atoms with E-state index in [-0.39, 0.29) is 0 Å². The van der Waals surface area contributed by atoms with E-state index in [1.54, 1.807) is 0 Å². The van der Waals surface area contributed by atoms with Gasteiger partial charge >= 0.3 is 0 Å². The van der Waals surface area contributed by atoms with Gasteiger partial charge in [-0.05, 0) is 71.0 Å². The van der Waals surface area contributed by atoms with Crippen molar-refractivity contribution in [3.05, 3.63) is 57.7 Å². The Balaban J connectivity index is 2.15. The molecule has 2 aromatic rings. The normalized spacial score (nSPS) is 10.4. The smallest absolute Gasteiger partial charge is 0.0429 e. The second-order valence-corrected chi connectivity index (χ2v) is 5.89. The van der Waals surface area contributed by atoms with Crippen LogP contribution in [0.4, 0.5) is 11.4 Å². The van der Waals surface area contributed by atoms with E-state index < -0.39 is 0 Å². The molecule has 0 saturated carbocycles. The molecule has 0 radical (unpaired) electrons. The van der Waals surface area contributed by atoms with E-state index in [1.165, 1.54) is 14.8 Å². The van der Waals surface area contributed by atoms with Crippen LogP contribution in [-0.4, -0.2) is 6.54 Å². The molecule has 0 unspecified atom stereocenters. The predicted octanol–water partition coefficient (Wildman–Crippen LogP) is 4.29. The van der Waals surface area contributed by atoms with E-state index >= 15 is 0 Å². The minimum atomic E-state index is 0.814. The van der Waals surface area contributed by atoms with Gasteiger partial charge in [-0.3, -0.25) is 0 Å². The van der Waals surface area contributed by atoms with Gasteiger partial charge in [0.1, 0.15) is 0 Å². The Hall–Kier alpha value is -1.23. The molecule has 0 aliphatic carbocycles. The third-order valence-corrected chi connectivity index (χ3v) is 3.76. The molecule has 0 atom stereocenters. The van der Waals surface area contributed by atoms with E-state index in [9.17, 15) is 0 Å². The van der Waals surface area contributed by atoms with Crippen molar-refractivity contribution in [2.45, 2.75) is 19.9 Å². The van der Waals surface area contributed by atoms with Crippen molar-refractivity contribution >= 4 is 34.0 Å². The molecule has 100 valence electrons. The summed E-state index contributed by atoms with van der Waals surface area (Å²) < 4.78 is 1.27. The minimum absolute atomic E-state index is 0.814. The first kappa shape index (κ1) is 14.2. The Labute approximate surface area is 128 Å². The van der Waals surface area contributed by atoms with E-state index in [1.807, 2.05) is 12.1 Å². The van der Waals surface area contributed by atoms with Crippen LogP contribution in [0.25, 0.3) is 0 Å². The van der Waals surface area contributed by atoms with E-state index in [0.717, 1.165) is 25.2 Å². The van der Waals surface area contributed by atoms with Crippen molar-refractivity contribution in [2.75, 3.05) is 17.2 Å². The highest BCUT2D eigenvalue weighted by molar-refractivity contribution is 14.1. The molecule has 0 aromatic heterocycles. The van der Waals surface area contributed by atoms with Crippen LogP contribution in [-0.2, 0) is 6.54 Å². The van der Waals surface area contributed by atoms with Gasteiger partial charge in [-0.25, -0.2) is 0 Å². The van der Waals surface area contributed by atoms with Crippen molar-refractivity contribution in [3.63, 3.8) is 0 Å². The molecular formula is C16H19IN2. The molecule has 0 spiro atoms. The fourth-order valence-corrected chi connectivity index (χ4v) is 2.42. The molecule has 0 bridgehead atoms. The Morgan fingerprint density at radius 1 is 1.00 bits per heavy atom. The number of hydrogen-bond acceptors (Lipinski definition) is 2. The first-order valence-corrected chi connectivity index (χ1v) is 7.62. The maximum Gasteiger partial charge on any atom is 0.0429 e. The summed E-state index contributed by atoms with van der Waals surface area (Å²) in [6, 6.07) is 16.8. The zero-order valence-electron chi connectivity index (χ0n) is 11.1. The Morgan fingerprint density at radius 2 is 1.63 bits per heavy atom. The lowest BCUT2D eigenvalue weighted by Crippen LogP contribution is -2.23. The highest BCUT2D eigenvalue weighted by atomic mass is 127. The van der Waals surface area contributed by atoms with Crippen LogP contribution in [0, 0.1) is 3.57 Å². The summed E-state index contributed by atoms with van der Waals surface area (Å²) in [5, 5.41) is 0. The van der Waals surface area contributed by atoms with E-state index in [2.05, 4.69) is 70.8 Å². The number of halogens is 1. The molecule has 2 N–H and O–H groups in total. The lowest BCUT2D eigenvalue weighted by atomic mass is 10.2. The second-order valence-electron chi connectivity index (χ2n) is 4.64.